The number of anilines is 6. The molecule has 0 bridgehead atoms. The van der Waals surface area contributed by atoms with E-state index in [0.717, 1.165) is 56.1 Å². The second-order valence-electron chi connectivity index (χ2n) is 12.7. The Morgan fingerprint density at radius 2 is 0.673 bits per heavy atom. The number of fused-ring (bicyclic) bond motifs is 5. The second kappa shape index (κ2) is 11.7. The van der Waals surface area contributed by atoms with Crippen LogP contribution in [0, 0.1) is 13.8 Å². The molecule has 0 spiro atoms. The fraction of sp³-hybridized carbons (Fsp3) is 0.0435. The molecule has 0 aliphatic carbocycles. The molecule has 49 heavy (non-hydrogen) atoms. The van der Waals surface area contributed by atoms with E-state index in [1.807, 2.05) is 0 Å². The van der Waals surface area contributed by atoms with Crippen LogP contribution in [-0.2, 0) is 0 Å². The van der Waals surface area contributed by atoms with Crippen molar-refractivity contribution in [1.82, 2.24) is 0 Å². The molecule has 3 nitrogen and oxygen atoms in total. The number of aryl methyl sites for hydroxylation is 2. The average Bonchev–Trinajstić information content (AvgIpc) is 3.50. The Labute approximate surface area is 285 Å². The highest BCUT2D eigenvalue weighted by Crippen LogP contribution is 2.43. The summed E-state index contributed by atoms with van der Waals surface area (Å²) in [6.07, 6.45) is 0. The van der Waals surface area contributed by atoms with Gasteiger partial charge in [0.25, 0.3) is 0 Å². The Bertz CT molecular complexity index is 2350. The maximum atomic E-state index is 6.69. The van der Waals surface area contributed by atoms with Crippen molar-refractivity contribution < 1.29 is 4.42 Å². The average molecular weight is 631 g/mol. The van der Waals surface area contributed by atoms with Crippen molar-refractivity contribution in [2.24, 2.45) is 0 Å². The van der Waals surface area contributed by atoms with Gasteiger partial charge in [-0.2, -0.15) is 0 Å². The summed E-state index contributed by atoms with van der Waals surface area (Å²) in [5.74, 6) is 0. The van der Waals surface area contributed by atoms with Crippen molar-refractivity contribution in [3.8, 4) is 0 Å². The molecule has 0 unspecified atom stereocenters. The summed E-state index contributed by atoms with van der Waals surface area (Å²) in [5.41, 5.74) is 11.0. The van der Waals surface area contributed by atoms with Gasteiger partial charge >= 0.3 is 0 Å². The lowest BCUT2D eigenvalue weighted by molar-refractivity contribution is 0.670. The third-order valence-corrected chi connectivity index (χ3v) is 9.77. The van der Waals surface area contributed by atoms with Crippen LogP contribution < -0.4 is 9.80 Å². The van der Waals surface area contributed by atoms with Gasteiger partial charge in [-0.15, -0.1) is 0 Å². The SMILES string of the molecule is Cc1c(N(c2ccccc2)c2ccccc2)ccc2cc3c(cc12)oc1cc2c(C)c(N(c4ccccc4)c4ccccc4)ccc2cc13. The first kappa shape index (κ1) is 28.9. The third-order valence-electron chi connectivity index (χ3n) is 9.77. The molecule has 0 aliphatic heterocycles. The Morgan fingerprint density at radius 3 is 1.00 bits per heavy atom. The molecule has 234 valence electrons. The molecule has 0 N–H and O–H groups in total. The molecule has 0 amide bonds. The Morgan fingerprint density at radius 1 is 0.347 bits per heavy atom. The van der Waals surface area contributed by atoms with Crippen molar-refractivity contribution in [1.29, 1.82) is 0 Å². The van der Waals surface area contributed by atoms with E-state index >= 15 is 0 Å². The fourth-order valence-electron chi connectivity index (χ4n) is 7.34. The number of para-hydroxylation sites is 4. The first-order valence-corrected chi connectivity index (χ1v) is 16.8. The van der Waals surface area contributed by atoms with Gasteiger partial charge in [0.2, 0.25) is 0 Å². The van der Waals surface area contributed by atoms with Gasteiger partial charge in [-0.25, -0.2) is 0 Å². The van der Waals surface area contributed by atoms with Gasteiger partial charge in [-0.3, -0.25) is 0 Å². The maximum absolute atomic E-state index is 6.69. The summed E-state index contributed by atoms with van der Waals surface area (Å²) < 4.78 is 6.69. The lowest BCUT2D eigenvalue weighted by atomic mass is 9.97. The number of benzene rings is 8. The van der Waals surface area contributed by atoms with Gasteiger partial charge in [-0.1, -0.05) is 84.9 Å². The Balaban J connectivity index is 1.20. The largest absolute Gasteiger partial charge is 0.456 e. The smallest absolute Gasteiger partial charge is 0.136 e. The van der Waals surface area contributed by atoms with Gasteiger partial charge in [-0.05, 0) is 131 Å². The highest BCUT2D eigenvalue weighted by Gasteiger charge is 2.20. The zero-order chi connectivity index (χ0) is 32.9. The van der Waals surface area contributed by atoms with E-state index in [4.69, 9.17) is 4.42 Å². The van der Waals surface area contributed by atoms with E-state index in [9.17, 15) is 0 Å². The summed E-state index contributed by atoms with van der Waals surface area (Å²) in [6.45, 7) is 4.44. The van der Waals surface area contributed by atoms with Crippen LogP contribution in [0.1, 0.15) is 11.1 Å². The summed E-state index contributed by atoms with van der Waals surface area (Å²) in [7, 11) is 0. The number of hydrogen-bond donors (Lipinski definition) is 0. The minimum atomic E-state index is 0.900. The predicted octanol–water partition coefficient (Wildman–Crippen LogP) is 13.4. The lowest BCUT2D eigenvalue weighted by Crippen LogP contribution is -2.11. The molecule has 0 atom stereocenters. The van der Waals surface area contributed by atoms with Gasteiger partial charge in [0, 0.05) is 44.9 Å². The van der Waals surface area contributed by atoms with Crippen LogP contribution in [0.5, 0.6) is 0 Å². The molecule has 0 saturated carbocycles. The molecular formula is C46H34N2O. The number of nitrogens with zero attached hydrogens (tertiary/aromatic N) is 2. The van der Waals surface area contributed by atoms with E-state index in [0.29, 0.717) is 0 Å². The summed E-state index contributed by atoms with van der Waals surface area (Å²) in [5, 5.41) is 7.04. The molecule has 9 aromatic rings. The number of furan rings is 1. The highest BCUT2D eigenvalue weighted by molar-refractivity contribution is 6.15. The fourth-order valence-corrected chi connectivity index (χ4v) is 7.34. The maximum Gasteiger partial charge on any atom is 0.136 e. The molecule has 9 rings (SSSR count). The first-order chi connectivity index (χ1) is 24.1. The number of rotatable bonds is 6. The molecule has 1 heterocycles. The highest BCUT2D eigenvalue weighted by atomic mass is 16.3. The summed E-state index contributed by atoms with van der Waals surface area (Å²) in [4.78, 5) is 4.66. The van der Waals surface area contributed by atoms with E-state index in [-0.39, 0.29) is 0 Å². The quantitative estimate of drug-likeness (QED) is 0.182. The zero-order valence-electron chi connectivity index (χ0n) is 27.5. The van der Waals surface area contributed by atoms with Crippen LogP contribution in [0.4, 0.5) is 34.1 Å². The molecule has 8 aromatic carbocycles. The van der Waals surface area contributed by atoms with E-state index in [2.05, 4.69) is 194 Å². The van der Waals surface area contributed by atoms with Gasteiger partial charge < -0.3 is 14.2 Å². The van der Waals surface area contributed by atoms with Crippen LogP contribution in [0.2, 0.25) is 0 Å². The molecular weight excluding hydrogens is 597 g/mol. The Kier molecular flexibility index (Phi) is 6.91. The molecule has 0 fully saturated rings. The van der Waals surface area contributed by atoms with Crippen LogP contribution in [-0.4, -0.2) is 0 Å². The monoisotopic (exact) mass is 630 g/mol. The molecule has 0 saturated heterocycles. The second-order valence-corrected chi connectivity index (χ2v) is 12.7. The predicted molar refractivity (Wildman–Crippen MR) is 208 cm³/mol. The van der Waals surface area contributed by atoms with Gasteiger partial charge in [0.15, 0.2) is 0 Å². The third kappa shape index (κ3) is 4.90. The first-order valence-electron chi connectivity index (χ1n) is 16.8. The summed E-state index contributed by atoms with van der Waals surface area (Å²) in [6, 6.07) is 60.3. The number of hydrogen-bond acceptors (Lipinski definition) is 3. The van der Waals surface area contributed by atoms with Crippen LogP contribution in [0.3, 0.4) is 0 Å². The van der Waals surface area contributed by atoms with E-state index in [1.54, 1.807) is 0 Å². The minimum absolute atomic E-state index is 0.900. The van der Waals surface area contributed by atoms with Gasteiger partial charge in [0.05, 0.1) is 0 Å². The van der Waals surface area contributed by atoms with E-state index < -0.39 is 0 Å². The van der Waals surface area contributed by atoms with Crippen LogP contribution >= 0.6 is 0 Å². The van der Waals surface area contributed by atoms with Crippen LogP contribution in [0.25, 0.3) is 43.5 Å². The lowest BCUT2D eigenvalue weighted by Gasteiger charge is -2.27. The van der Waals surface area contributed by atoms with Crippen molar-refractivity contribution in [2.75, 3.05) is 9.80 Å². The molecule has 0 aliphatic rings. The summed E-state index contributed by atoms with van der Waals surface area (Å²) >= 11 is 0. The van der Waals surface area contributed by atoms with Crippen molar-refractivity contribution in [3.05, 3.63) is 181 Å². The zero-order valence-corrected chi connectivity index (χ0v) is 27.5. The van der Waals surface area contributed by atoms with Gasteiger partial charge in [0.1, 0.15) is 11.2 Å². The topological polar surface area (TPSA) is 19.6 Å². The minimum Gasteiger partial charge on any atom is -0.456 e. The van der Waals surface area contributed by atoms with Crippen LogP contribution in [0.15, 0.2) is 174 Å². The van der Waals surface area contributed by atoms with Crippen molar-refractivity contribution in [2.45, 2.75) is 13.8 Å². The van der Waals surface area contributed by atoms with Crippen molar-refractivity contribution >= 4 is 77.6 Å². The molecule has 0 radical (unpaired) electrons. The Hall–Kier alpha value is -6.32. The normalized spacial score (nSPS) is 11.5. The standard InChI is InChI=1S/C46H34N2O/c1-31-39-29-45-41(27-33(39)23-25-43(31)47(35-15-7-3-8-16-35)36-17-9-4-10-18-36)42-28-34-24-26-44(32(2)40(34)30-46(42)49-45)48(37-19-11-5-12-20-37)38-21-13-6-14-22-38/h3-30H,1-2H3. The van der Waals surface area contributed by atoms with E-state index in [1.165, 1.54) is 32.7 Å². The molecule has 1 aromatic heterocycles. The van der Waals surface area contributed by atoms with Crippen molar-refractivity contribution in [3.63, 3.8) is 0 Å². The molecule has 3 heteroatoms.